The van der Waals surface area contributed by atoms with Gasteiger partial charge < -0.3 is 15.6 Å². The lowest BCUT2D eigenvalue weighted by molar-refractivity contribution is -0.138. The lowest BCUT2D eigenvalue weighted by atomic mass is 10.1. The lowest BCUT2D eigenvalue weighted by Gasteiger charge is -2.03. The van der Waals surface area contributed by atoms with Crippen LogP contribution in [0.3, 0.4) is 0 Å². The molecule has 0 spiro atoms. The SMILES string of the molecule is CCOC(=O)/C(C)=C/c1ccc(N)c(O)c1.Cl. The molecule has 0 radical (unpaired) electrons. The molecule has 0 aliphatic rings. The number of anilines is 1. The monoisotopic (exact) mass is 257 g/mol. The fraction of sp³-hybridized carbons (Fsp3) is 0.250. The Labute approximate surface area is 106 Å². The minimum Gasteiger partial charge on any atom is -0.506 e. The molecule has 17 heavy (non-hydrogen) atoms. The predicted molar refractivity (Wildman–Crippen MR) is 70.1 cm³/mol. The van der Waals surface area contributed by atoms with E-state index in [1.165, 1.54) is 6.07 Å². The molecule has 5 heteroatoms. The highest BCUT2D eigenvalue weighted by atomic mass is 35.5. The first kappa shape index (κ1) is 15.3. The smallest absolute Gasteiger partial charge is 0.333 e. The second kappa shape index (κ2) is 6.81. The van der Waals surface area contributed by atoms with Crippen LogP contribution in [-0.4, -0.2) is 17.7 Å². The van der Waals surface area contributed by atoms with Gasteiger partial charge in [-0.1, -0.05) is 6.07 Å². The Balaban J connectivity index is 0.00000256. The number of halogens is 1. The van der Waals surface area contributed by atoms with Crippen molar-refractivity contribution in [3.8, 4) is 5.75 Å². The molecule has 1 aromatic carbocycles. The van der Waals surface area contributed by atoms with Crippen molar-refractivity contribution >= 4 is 30.1 Å². The molecule has 3 N–H and O–H groups in total. The Morgan fingerprint density at radius 3 is 2.71 bits per heavy atom. The normalized spacial score (nSPS) is 10.6. The molecular weight excluding hydrogens is 242 g/mol. The number of phenols is 1. The summed E-state index contributed by atoms with van der Waals surface area (Å²) in [5.41, 5.74) is 6.96. The second-order valence-electron chi connectivity index (χ2n) is 3.37. The number of nitrogen functional groups attached to an aromatic ring is 1. The molecule has 0 saturated carbocycles. The molecular formula is C12H16ClNO3. The molecule has 0 aliphatic carbocycles. The molecule has 0 bridgehead atoms. The minimum atomic E-state index is -0.362. The van der Waals surface area contributed by atoms with Crippen molar-refractivity contribution in [2.45, 2.75) is 13.8 Å². The third-order valence-electron chi connectivity index (χ3n) is 2.04. The summed E-state index contributed by atoms with van der Waals surface area (Å²) in [6, 6.07) is 4.80. The Morgan fingerprint density at radius 2 is 2.18 bits per heavy atom. The van der Waals surface area contributed by atoms with Gasteiger partial charge in [-0.2, -0.15) is 0 Å². The van der Waals surface area contributed by atoms with Gasteiger partial charge in [-0.3, -0.25) is 0 Å². The Kier molecular flexibility index (Phi) is 6.13. The standard InChI is InChI=1S/C12H15NO3.ClH/c1-3-16-12(15)8(2)6-9-4-5-10(13)11(14)7-9;/h4-7,14H,3,13H2,1-2H3;1H/b8-6+;. The van der Waals surface area contributed by atoms with Crippen molar-refractivity contribution in [3.05, 3.63) is 29.3 Å². The van der Waals surface area contributed by atoms with Crippen molar-refractivity contribution in [1.29, 1.82) is 0 Å². The van der Waals surface area contributed by atoms with Crippen molar-refractivity contribution < 1.29 is 14.6 Å². The summed E-state index contributed by atoms with van der Waals surface area (Å²) in [4.78, 5) is 11.3. The summed E-state index contributed by atoms with van der Waals surface area (Å²) in [5.74, 6) is -0.357. The largest absolute Gasteiger partial charge is 0.506 e. The number of rotatable bonds is 3. The number of carbonyl (C=O) groups excluding carboxylic acids is 1. The quantitative estimate of drug-likeness (QED) is 0.377. The van der Waals surface area contributed by atoms with E-state index < -0.39 is 0 Å². The zero-order valence-corrected chi connectivity index (χ0v) is 10.6. The first-order chi connectivity index (χ1) is 7.54. The summed E-state index contributed by atoms with van der Waals surface area (Å²) >= 11 is 0. The van der Waals surface area contributed by atoms with Gasteiger partial charge in [0, 0.05) is 5.57 Å². The summed E-state index contributed by atoms with van der Waals surface area (Å²) in [6.07, 6.45) is 1.64. The molecule has 1 aromatic rings. The number of benzene rings is 1. The van der Waals surface area contributed by atoms with E-state index in [0.29, 0.717) is 23.4 Å². The first-order valence-electron chi connectivity index (χ1n) is 4.98. The van der Waals surface area contributed by atoms with Gasteiger partial charge in [-0.05, 0) is 37.6 Å². The van der Waals surface area contributed by atoms with Gasteiger partial charge in [0.2, 0.25) is 0 Å². The Hall–Kier alpha value is -1.68. The van der Waals surface area contributed by atoms with E-state index in [2.05, 4.69) is 0 Å². The van der Waals surface area contributed by atoms with Crippen LogP contribution in [0.1, 0.15) is 19.4 Å². The molecule has 0 fully saturated rings. The molecule has 0 atom stereocenters. The number of phenolic OH excluding ortho intramolecular Hbond substituents is 1. The molecule has 0 unspecified atom stereocenters. The van der Waals surface area contributed by atoms with Crippen LogP contribution in [0, 0.1) is 0 Å². The lowest BCUT2D eigenvalue weighted by Crippen LogP contribution is -2.04. The van der Waals surface area contributed by atoms with Crippen molar-refractivity contribution in [2.24, 2.45) is 0 Å². The molecule has 0 amide bonds. The van der Waals surface area contributed by atoms with Crippen LogP contribution in [0.15, 0.2) is 23.8 Å². The topological polar surface area (TPSA) is 72.5 Å². The van der Waals surface area contributed by atoms with E-state index >= 15 is 0 Å². The highest BCUT2D eigenvalue weighted by Gasteiger charge is 2.05. The van der Waals surface area contributed by atoms with Crippen LogP contribution in [0.4, 0.5) is 5.69 Å². The van der Waals surface area contributed by atoms with E-state index in [-0.39, 0.29) is 24.1 Å². The van der Waals surface area contributed by atoms with Crippen LogP contribution >= 0.6 is 12.4 Å². The van der Waals surface area contributed by atoms with Crippen molar-refractivity contribution in [1.82, 2.24) is 0 Å². The predicted octanol–water partition coefficient (Wildman–Crippen LogP) is 2.36. The fourth-order valence-electron chi connectivity index (χ4n) is 1.20. The number of aromatic hydroxyl groups is 1. The number of carbonyl (C=O) groups is 1. The first-order valence-corrected chi connectivity index (χ1v) is 4.98. The average molecular weight is 258 g/mol. The molecule has 1 rings (SSSR count). The number of nitrogens with two attached hydrogens (primary N) is 1. The Bertz CT molecular complexity index is 430. The molecule has 94 valence electrons. The average Bonchev–Trinajstić information content (AvgIpc) is 2.24. The van der Waals surface area contributed by atoms with E-state index in [9.17, 15) is 9.90 Å². The van der Waals surface area contributed by atoms with Crippen LogP contribution in [0.25, 0.3) is 6.08 Å². The molecule has 0 heterocycles. The highest BCUT2D eigenvalue weighted by molar-refractivity contribution is 5.93. The number of hydrogen-bond acceptors (Lipinski definition) is 4. The van der Waals surface area contributed by atoms with E-state index in [1.807, 2.05) is 0 Å². The van der Waals surface area contributed by atoms with Crippen LogP contribution in [0.2, 0.25) is 0 Å². The van der Waals surface area contributed by atoms with E-state index in [1.54, 1.807) is 32.1 Å². The van der Waals surface area contributed by atoms with Gasteiger partial charge in [0.05, 0.1) is 12.3 Å². The highest BCUT2D eigenvalue weighted by Crippen LogP contribution is 2.22. The Morgan fingerprint density at radius 1 is 1.53 bits per heavy atom. The van der Waals surface area contributed by atoms with Crippen LogP contribution < -0.4 is 5.73 Å². The van der Waals surface area contributed by atoms with Crippen LogP contribution in [-0.2, 0) is 9.53 Å². The summed E-state index contributed by atoms with van der Waals surface area (Å²) in [7, 11) is 0. The van der Waals surface area contributed by atoms with Gasteiger partial charge in [-0.15, -0.1) is 12.4 Å². The fourth-order valence-corrected chi connectivity index (χ4v) is 1.20. The zero-order valence-electron chi connectivity index (χ0n) is 9.77. The number of hydrogen-bond donors (Lipinski definition) is 2. The maximum atomic E-state index is 11.3. The van der Waals surface area contributed by atoms with E-state index in [4.69, 9.17) is 10.5 Å². The molecule has 0 aromatic heterocycles. The molecule has 0 saturated heterocycles. The van der Waals surface area contributed by atoms with Gasteiger partial charge in [-0.25, -0.2) is 4.79 Å². The second-order valence-corrected chi connectivity index (χ2v) is 3.37. The van der Waals surface area contributed by atoms with Gasteiger partial charge >= 0.3 is 5.97 Å². The zero-order chi connectivity index (χ0) is 12.1. The van der Waals surface area contributed by atoms with Gasteiger partial charge in [0.15, 0.2) is 0 Å². The number of ether oxygens (including phenoxy) is 1. The summed E-state index contributed by atoms with van der Waals surface area (Å²) < 4.78 is 4.84. The number of esters is 1. The van der Waals surface area contributed by atoms with Gasteiger partial charge in [0.1, 0.15) is 5.75 Å². The third kappa shape index (κ3) is 4.36. The summed E-state index contributed by atoms with van der Waals surface area (Å²) in [6.45, 7) is 3.75. The van der Waals surface area contributed by atoms with Crippen LogP contribution in [0.5, 0.6) is 5.75 Å². The maximum Gasteiger partial charge on any atom is 0.333 e. The van der Waals surface area contributed by atoms with Gasteiger partial charge in [0.25, 0.3) is 0 Å². The maximum absolute atomic E-state index is 11.3. The minimum absolute atomic E-state index is 0. The molecule has 0 aliphatic heterocycles. The molecule has 4 nitrogen and oxygen atoms in total. The van der Waals surface area contributed by atoms with E-state index in [0.717, 1.165) is 0 Å². The van der Waals surface area contributed by atoms with Crippen molar-refractivity contribution in [2.75, 3.05) is 12.3 Å². The summed E-state index contributed by atoms with van der Waals surface area (Å²) in [5, 5.41) is 9.38. The van der Waals surface area contributed by atoms with Crippen molar-refractivity contribution in [3.63, 3.8) is 0 Å². The third-order valence-corrected chi connectivity index (χ3v) is 2.04.